The SMILES string of the molecule is Nc1cc(NCCC(=O)O)c2ccc(Br)cc2n1. The zero-order valence-corrected chi connectivity index (χ0v) is 11.1. The lowest BCUT2D eigenvalue weighted by Gasteiger charge is -2.09. The van der Waals surface area contributed by atoms with Crippen molar-refractivity contribution in [1.29, 1.82) is 0 Å². The van der Waals surface area contributed by atoms with Gasteiger partial charge in [-0.05, 0) is 18.2 Å². The van der Waals surface area contributed by atoms with Crippen LogP contribution in [-0.2, 0) is 4.79 Å². The highest BCUT2D eigenvalue weighted by Crippen LogP contribution is 2.26. The number of anilines is 2. The summed E-state index contributed by atoms with van der Waals surface area (Å²) in [7, 11) is 0. The van der Waals surface area contributed by atoms with E-state index < -0.39 is 5.97 Å². The van der Waals surface area contributed by atoms with Crippen molar-refractivity contribution in [2.24, 2.45) is 0 Å². The second-order valence-corrected chi connectivity index (χ2v) is 4.74. The summed E-state index contributed by atoms with van der Waals surface area (Å²) in [6.45, 7) is 0.351. The van der Waals surface area contributed by atoms with Crippen LogP contribution in [0.1, 0.15) is 6.42 Å². The van der Waals surface area contributed by atoms with E-state index in [0.29, 0.717) is 12.4 Å². The Labute approximate surface area is 112 Å². The molecule has 0 aliphatic carbocycles. The molecule has 1 aromatic heterocycles. The molecule has 4 N–H and O–H groups in total. The first-order valence-corrected chi connectivity index (χ1v) is 6.17. The number of aromatic nitrogens is 1. The lowest BCUT2D eigenvalue weighted by Crippen LogP contribution is -2.08. The van der Waals surface area contributed by atoms with E-state index in [1.807, 2.05) is 18.2 Å². The van der Waals surface area contributed by atoms with Gasteiger partial charge in [0.1, 0.15) is 5.82 Å². The minimum Gasteiger partial charge on any atom is -0.481 e. The van der Waals surface area contributed by atoms with Gasteiger partial charge in [-0.15, -0.1) is 0 Å². The third-order valence-electron chi connectivity index (χ3n) is 2.45. The van der Waals surface area contributed by atoms with E-state index in [1.54, 1.807) is 6.07 Å². The maximum atomic E-state index is 10.5. The summed E-state index contributed by atoms with van der Waals surface area (Å²) in [5.74, 6) is -0.435. The molecule has 0 fully saturated rings. The number of nitrogen functional groups attached to an aromatic ring is 1. The molecule has 5 nitrogen and oxygen atoms in total. The summed E-state index contributed by atoms with van der Waals surface area (Å²) in [4.78, 5) is 14.7. The van der Waals surface area contributed by atoms with Crippen molar-refractivity contribution in [3.63, 3.8) is 0 Å². The molecule has 0 aliphatic heterocycles. The zero-order valence-electron chi connectivity index (χ0n) is 9.48. The molecule has 0 amide bonds. The van der Waals surface area contributed by atoms with Crippen LogP contribution < -0.4 is 11.1 Å². The first-order valence-electron chi connectivity index (χ1n) is 5.38. The van der Waals surface area contributed by atoms with Crippen LogP contribution in [0.3, 0.4) is 0 Å². The minimum absolute atomic E-state index is 0.0558. The summed E-state index contributed by atoms with van der Waals surface area (Å²) in [6, 6.07) is 7.39. The molecule has 1 aromatic carbocycles. The molecule has 2 aromatic rings. The Hall–Kier alpha value is -1.82. The third-order valence-corrected chi connectivity index (χ3v) is 2.94. The van der Waals surface area contributed by atoms with E-state index >= 15 is 0 Å². The number of nitrogens with two attached hydrogens (primary N) is 1. The second kappa shape index (κ2) is 5.22. The number of pyridine rings is 1. The second-order valence-electron chi connectivity index (χ2n) is 3.83. The van der Waals surface area contributed by atoms with Crippen LogP contribution in [0, 0.1) is 0 Å². The number of carbonyl (C=O) groups is 1. The van der Waals surface area contributed by atoms with E-state index in [0.717, 1.165) is 21.1 Å². The van der Waals surface area contributed by atoms with Crippen molar-refractivity contribution in [1.82, 2.24) is 4.98 Å². The standard InChI is InChI=1S/C12H12BrN3O2/c13-7-1-2-8-9(15-4-3-12(17)18)6-11(14)16-10(8)5-7/h1-2,5-6H,3-4H2,(H,17,18)(H3,14,15,16). The largest absolute Gasteiger partial charge is 0.481 e. The number of carboxylic acid groups (broad SMARTS) is 1. The molecular formula is C12H12BrN3O2. The average molecular weight is 310 g/mol. The molecule has 0 atom stereocenters. The molecule has 94 valence electrons. The average Bonchev–Trinajstić information content (AvgIpc) is 2.27. The van der Waals surface area contributed by atoms with Gasteiger partial charge in [-0.2, -0.15) is 0 Å². The van der Waals surface area contributed by atoms with Crippen LogP contribution in [0.5, 0.6) is 0 Å². The van der Waals surface area contributed by atoms with Gasteiger partial charge in [0.25, 0.3) is 0 Å². The molecule has 0 radical (unpaired) electrons. The third kappa shape index (κ3) is 2.89. The maximum absolute atomic E-state index is 10.5. The van der Waals surface area contributed by atoms with Gasteiger partial charge in [0.15, 0.2) is 0 Å². The van der Waals surface area contributed by atoms with Crippen LogP contribution in [0.4, 0.5) is 11.5 Å². The van der Waals surface area contributed by atoms with Crippen molar-refractivity contribution in [3.8, 4) is 0 Å². The van der Waals surface area contributed by atoms with Gasteiger partial charge in [0.2, 0.25) is 0 Å². The Kier molecular flexibility index (Phi) is 3.66. The molecule has 0 saturated heterocycles. The highest BCUT2D eigenvalue weighted by molar-refractivity contribution is 9.10. The summed E-state index contributed by atoms with van der Waals surface area (Å²) in [5.41, 5.74) is 7.29. The highest BCUT2D eigenvalue weighted by Gasteiger charge is 2.05. The lowest BCUT2D eigenvalue weighted by molar-refractivity contribution is -0.136. The van der Waals surface area contributed by atoms with Crippen LogP contribution in [0.15, 0.2) is 28.7 Å². The Bertz CT molecular complexity index is 596. The van der Waals surface area contributed by atoms with Gasteiger partial charge >= 0.3 is 5.97 Å². The smallest absolute Gasteiger partial charge is 0.305 e. The number of hydrogen-bond donors (Lipinski definition) is 3. The molecule has 0 aliphatic rings. The monoisotopic (exact) mass is 309 g/mol. The number of nitrogens with zero attached hydrogens (tertiary/aromatic N) is 1. The number of aliphatic carboxylic acids is 1. The zero-order chi connectivity index (χ0) is 13.1. The topological polar surface area (TPSA) is 88.2 Å². The molecule has 2 rings (SSSR count). The number of halogens is 1. The van der Waals surface area contributed by atoms with E-state index in [1.165, 1.54) is 0 Å². The predicted octanol–water partition coefficient (Wildman–Crippen LogP) is 2.47. The Morgan fingerprint density at radius 2 is 2.22 bits per heavy atom. The summed E-state index contributed by atoms with van der Waals surface area (Å²) < 4.78 is 0.921. The number of nitrogens with one attached hydrogen (secondary N) is 1. The number of benzene rings is 1. The van der Waals surface area contributed by atoms with Crippen molar-refractivity contribution in [2.75, 3.05) is 17.6 Å². The van der Waals surface area contributed by atoms with Gasteiger partial charge < -0.3 is 16.2 Å². The van der Waals surface area contributed by atoms with Gasteiger partial charge in [-0.1, -0.05) is 15.9 Å². The Morgan fingerprint density at radius 1 is 1.44 bits per heavy atom. The van der Waals surface area contributed by atoms with Crippen molar-refractivity contribution >= 4 is 44.3 Å². The quantitative estimate of drug-likeness (QED) is 0.807. The minimum atomic E-state index is -0.837. The van der Waals surface area contributed by atoms with Crippen LogP contribution in [-0.4, -0.2) is 22.6 Å². The van der Waals surface area contributed by atoms with Crippen molar-refractivity contribution in [3.05, 3.63) is 28.7 Å². The van der Waals surface area contributed by atoms with E-state index in [4.69, 9.17) is 10.8 Å². The maximum Gasteiger partial charge on any atom is 0.305 e. The Balaban J connectivity index is 2.34. The molecule has 1 heterocycles. The van der Waals surface area contributed by atoms with Gasteiger partial charge in [-0.25, -0.2) is 4.98 Å². The van der Waals surface area contributed by atoms with E-state index in [2.05, 4.69) is 26.2 Å². The normalized spacial score (nSPS) is 10.5. The first kappa shape index (κ1) is 12.6. The molecule has 18 heavy (non-hydrogen) atoms. The van der Waals surface area contributed by atoms with Gasteiger partial charge in [0.05, 0.1) is 11.9 Å². The molecule has 0 bridgehead atoms. The van der Waals surface area contributed by atoms with Crippen molar-refractivity contribution in [2.45, 2.75) is 6.42 Å². The first-order chi connectivity index (χ1) is 8.56. The number of carboxylic acids is 1. The van der Waals surface area contributed by atoms with Crippen LogP contribution in [0.2, 0.25) is 0 Å². The number of fused-ring (bicyclic) bond motifs is 1. The molecule has 0 unspecified atom stereocenters. The highest BCUT2D eigenvalue weighted by atomic mass is 79.9. The number of hydrogen-bond acceptors (Lipinski definition) is 4. The van der Waals surface area contributed by atoms with Crippen LogP contribution in [0.25, 0.3) is 10.9 Å². The Morgan fingerprint density at radius 3 is 2.94 bits per heavy atom. The fraction of sp³-hybridized carbons (Fsp3) is 0.167. The van der Waals surface area contributed by atoms with Gasteiger partial charge in [0, 0.05) is 28.2 Å². The van der Waals surface area contributed by atoms with Crippen LogP contribution >= 0.6 is 15.9 Å². The summed E-state index contributed by atoms with van der Waals surface area (Å²) >= 11 is 3.37. The summed E-state index contributed by atoms with van der Waals surface area (Å²) in [5, 5.41) is 12.6. The van der Waals surface area contributed by atoms with Gasteiger partial charge in [-0.3, -0.25) is 4.79 Å². The predicted molar refractivity (Wildman–Crippen MR) is 74.6 cm³/mol. The fourth-order valence-corrected chi connectivity index (χ4v) is 2.02. The molecular weight excluding hydrogens is 298 g/mol. The van der Waals surface area contributed by atoms with E-state index in [-0.39, 0.29) is 6.42 Å². The molecule has 0 saturated carbocycles. The number of rotatable bonds is 4. The summed E-state index contributed by atoms with van der Waals surface area (Å²) in [6.07, 6.45) is 0.0558. The fourth-order valence-electron chi connectivity index (χ4n) is 1.67. The van der Waals surface area contributed by atoms with Crippen molar-refractivity contribution < 1.29 is 9.90 Å². The lowest BCUT2D eigenvalue weighted by atomic mass is 10.2. The van der Waals surface area contributed by atoms with E-state index in [9.17, 15) is 4.79 Å². The molecule has 6 heteroatoms. The molecule has 0 spiro atoms.